The molecule has 0 spiro atoms. The minimum absolute atomic E-state index is 0.109. The standard InChI is InChI=1S/C17H19N3O3/c1-18-17(22)12-7-9-13(10-8-12)19-11-16(21)20-14-5-3-4-6-15(14)23-2/h3-10,19H,11H2,1-2H3,(H,18,22)(H,20,21). The number of benzene rings is 2. The van der Waals surface area contributed by atoms with E-state index < -0.39 is 0 Å². The van der Waals surface area contributed by atoms with Gasteiger partial charge in [-0.2, -0.15) is 0 Å². The smallest absolute Gasteiger partial charge is 0.251 e. The lowest BCUT2D eigenvalue weighted by molar-refractivity contribution is -0.114. The van der Waals surface area contributed by atoms with Crippen molar-refractivity contribution in [1.82, 2.24) is 5.32 Å². The second-order valence-corrected chi connectivity index (χ2v) is 4.76. The van der Waals surface area contributed by atoms with Gasteiger partial charge in [0.05, 0.1) is 19.3 Å². The summed E-state index contributed by atoms with van der Waals surface area (Å²) >= 11 is 0. The van der Waals surface area contributed by atoms with Crippen LogP contribution in [0.3, 0.4) is 0 Å². The maximum absolute atomic E-state index is 12.0. The molecule has 2 aromatic rings. The third-order valence-electron chi connectivity index (χ3n) is 3.21. The molecule has 0 aliphatic carbocycles. The predicted octanol–water partition coefficient (Wildman–Crippen LogP) is 2.11. The molecule has 0 aliphatic rings. The zero-order valence-electron chi connectivity index (χ0n) is 13.1. The molecule has 0 radical (unpaired) electrons. The molecule has 0 fully saturated rings. The summed E-state index contributed by atoms with van der Waals surface area (Å²) in [4.78, 5) is 23.4. The Morgan fingerprint density at radius 2 is 1.74 bits per heavy atom. The van der Waals surface area contributed by atoms with Gasteiger partial charge in [0.15, 0.2) is 0 Å². The second kappa shape index (κ2) is 7.84. The van der Waals surface area contributed by atoms with E-state index in [1.807, 2.05) is 12.1 Å². The zero-order valence-corrected chi connectivity index (χ0v) is 13.1. The van der Waals surface area contributed by atoms with Crippen LogP contribution in [0.2, 0.25) is 0 Å². The highest BCUT2D eigenvalue weighted by molar-refractivity contribution is 5.96. The first-order chi connectivity index (χ1) is 11.1. The maximum Gasteiger partial charge on any atom is 0.251 e. The Hall–Kier alpha value is -3.02. The molecule has 23 heavy (non-hydrogen) atoms. The van der Waals surface area contributed by atoms with Crippen LogP contribution in [-0.4, -0.2) is 32.5 Å². The summed E-state index contributed by atoms with van der Waals surface area (Å²) in [6.45, 7) is 0.109. The lowest BCUT2D eigenvalue weighted by Gasteiger charge is -2.11. The predicted molar refractivity (Wildman–Crippen MR) is 89.9 cm³/mol. The van der Waals surface area contributed by atoms with Gasteiger partial charge in [-0.3, -0.25) is 9.59 Å². The average Bonchev–Trinajstić information content (AvgIpc) is 2.60. The van der Waals surface area contributed by atoms with Gasteiger partial charge in [0.2, 0.25) is 5.91 Å². The average molecular weight is 313 g/mol. The highest BCUT2D eigenvalue weighted by Gasteiger charge is 2.07. The minimum atomic E-state index is -0.190. The lowest BCUT2D eigenvalue weighted by atomic mass is 10.2. The van der Waals surface area contributed by atoms with E-state index in [1.165, 1.54) is 0 Å². The van der Waals surface area contributed by atoms with Gasteiger partial charge >= 0.3 is 0 Å². The molecule has 0 aliphatic heterocycles. The molecule has 120 valence electrons. The van der Waals surface area contributed by atoms with Crippen molar-refractivity contribution in [2.24, 2.45) is 0 Å². The van der Waals surface area contributed by atoms with Crippen molar-refractivity contribution in [2.45, 2.75) is 0 Å². The molecular formula is C17H19N3O3. The number of amides is 2. The van der Waals surface area contributed by atoms with Crippen LogP contribution in [0.25, 0.3) is 0 Å². The summed E-state index contributed by atoms with van der Waals surface area (Å²) < 4.78 is 5.18. The number of hydrogen-bond acceptors (Lipinski definition) is 4. The highest BCUT2D eigenvalue weighted by Crippen LogP contribution is 2.22. The molecule has 2 rings (SSSR count). The van der Waals surface area contributed by atoms with Crippen LogP contribution >= 0.6 is 0 Å². The summed E-state index contributed by atoms with van der Waals surface area (Å²) in [5.74, 6) is 0.270. The Balaban J connectivity index is 1.90. The molecular weight excluding hydrogens is 294 g/mol. The van der Waals surface area contributed by atoms with Gasteiger partial charge in [-0.15, -0.1) is 0 Å². The first-order valence-corrected chi connectivity index (χ1v) is 7.13. The molecule has 0 unspecified atom stereocenters. The molecule has 0 bridgehead atoms. The molecule has 0 saturated carbocycles. The Kier molecular flexibility index (Phi) is 5.57. The quantitative estimate of drug-likeness (QED) is 0.763. The van der Waals surface area contributed by atoms with Crippen molar-refractivity contribution in [3.8, 4) is 5.75 Å². The first-order valence-electron chi connectivity index (χ1n) is 7.13. The number of rotatable bonds is 6. The second-order valence-electron chi connectivity index (χ2n) is 4.76. The van der Waals surface area contributed by atoms with Gasteiger partial charge in [-0.05, 0) is 36.4 Å². The summed E-state index contributed by atoms with van der Waals surface area (Å²) in [7, 11) is 3.13. The molecule has 0 aromatic heterocycles. The van der Waals surface area contributed by atoms with E-state index in [2.05, 4.69) is 16.0 Å². The summed E-state index contributed by atoms with van der Waals surface area (Å²) in [5.41, 5.74) is 1.95. The largest absolute Gasteiger partial charge is 0.495 e. The van der Waals surface area contributed by atoms with E-state index in [1.54, 1.807) is 50.6 Å². The molecule has 3 N–H and O–H groups in total. The Bertz CT molecular complexity index is 684. The SMILES string of the molecule is CNC(=O)c1ccc(NCC(=O)Nc2ccccc2OC)cc1. The molecule has 0 heterocycles. The third-order valence-corrected chi connectivity index (χ3v) is 3.21. The molecule has 6 nitrogen and oxygen atoms in total. The zero-order chi connectivity index (χ0) is 16.7. The monoisotopic (exact) mass is 313 g/mol. The van der Waals surface area contributed by atoms with Gasteiger partial charge in [-0.1, -0.05) is 12.1 Å². The van der Waals surface area contributed by atoms with Crippen molar-refractivity contribution < 1.29 is 14.3 Å². The number of para-hydroxylation sites is 2. The van der Waals surface area contributed by atoms with Crippen molar-refractivity contribution in [3.05, 3.63) is 54.1 Å². The highest BCUT2D eigenvalue weighted by atomic mass is 16.5. The molecule has 2 aromatic carbocycles. The minimum Gasteiger partial charge on any atom is -0.495 e. The number of hydrogen-bond donors (Lipinski definition) is 3. The number of carbonyl (C=O) groups excluding carboxylic acids is 2. The Morgan fingerprint density at radius 1 is 1.04 bits per heavy atom. The van der Waals surface area contributed by atoms with Gasteiger partial charge in [0.1, 0.15) is 5.75 Å². The Morgan fingerprint density at radius 3 is 2.39 bits per heavy atom. The fourth-order valence-corrected chi connectivity index (χ4v) is 2.01. The molecule has 0 saturated heterocycles. The molecule has 2 amide bonds. The number of anilines is 2. The van der Waals surface area contributed by atoms with Gasteiger partial charge < -0.3 is 20.7 Å². The van der Waals surface area contributed by atoms with Crippen molar-refractivity contribution in [1.29, 1.82) is 0 Å². The third kappa shape index (κ3) is 4.47. The van der Waals surface area contributed by atoms with Crippen LogP contribution in [0.5, 0.6) is 5.75 Å². The maximum atomic E-state index is 12.0. The van der Waals surface area contributed by atoms with Crippen LogP contribution in [-0.2, 0) is 4.79 Å². The van der Waals surface area contributed by atoms with Crippen LogP contribution in [0.1, 0.15) is 10.4 Å². The van der Waals surface area contributed by atoms with E-state index in [-0.39, 0.29) is 18.4 Å². The van der Waals surface area contributed by atoms with E-state index in [9.17, 15) is 9.59 Å². The van der Waals surface area contributed by atoms with Crippen LogP contribution in [0.15, 0.2) is 48.5 Å². The van der Waals surface area contributed by atoms with Crippen molar-refractivity contribution in [3.63, 3.8) is 0 Å². The number of ether oxygens (including phenoxy) is 1. The van der Waals surface area contributed by atoms with E-state index in [0.29, 0.717) is 17.0 Å². The normalized spacial score (nSPS) is 9.83. The van der Waals surface area contributed by atoms with Crippen LogP contribution in [0.4, 0.5) is 11.4 Å². The lowest BCUT2D eigenvalue weighted by Crippen LogP contribution is -2.22. The number of carbonyl (C=O) groups is 2. The van der Waals surface area contributed by atoms with Crippen molar-refractivity contribution in [2.75, 3.05) is 31.3 Å². The van der Waals surface area contributed by atoms with E-state index in [0.717, 1.165) is 5.69 Å². The fraction of sp³-hybridized carbons (Fsp3) is 0.176. The number of nitrogens with one attached hydrogen (secondary N) is 3. The summed E-state index contributed by atoms with van der Waals surface area (Å²) in [6.07, 6.45) is 0. The van der Waals surface area contributed by atoms with Crippen LogP contribution < -0.4 is 20.7 Å². The molecule has 6 heteroatoms. The van der Waals surface area contributed by atoms with Gasteiger partial charge in [-0.25, -0.2) is 0 Å². The fourth-order valence-electron chi connectivity index (χ4n) is 2.01. The summed E-state index contributed by atoms with van der Waals surface area (Å²) in [5, 5.41) is 8.34. The number of methoxy groups -OCH3 is 1. The van der Waals surface area contributed by atoms with E-state index >= 15 is 0 Å². The molecule has 0 atom stereocenters. The van der Waals surface area contributed by atoms with E-state index in [4.69, 9.17) is 4.74 Å². The van der Waals surface area contributed by atoms with Gasteiger partial charge in [0.25, 0.3) is 5.91 Å². The van der Waals surface area contributed by atoms with Crippen LogP contribution in [0, 0.1) is 0 Å². The Labute approximate surface area is 134 Å². The topological polar surface area (TPSA) is 79.5 Å². The van der Waals surface area contributed by atoms with Gasteiger partial charge in [0, 0.05) is 18.3 Å². The first kappa shape index (κ1) is 16.4. The summed E-state index contributed by atoms with van der Waals surface area (Å²) in [6, 6.07) is 14.1. The van der Waals surface area contributed by atoms with Crippen molar-refractivity contribution >= 4 is 23.2 Å².